The number of carbonyl (C=O) groups is 1. The maximum atomic E-state index is 12.9. The summed E-state index contributed by atoms with van der Waals surface area (Å²) < 4.78 is 0. The third-order valence-electron chi connectivity index (χ3n) is 7.71. The molecule has 0 aromatic heterocycles. The molecule has 0 bridgehead atoms. The van der Waals surface area contributed by atoms with Crippen molar-refractivity contribution < 1.29 is 4.79 Å². The van der Waals surface area contributed by atoms with E-state index < -0.39 is 0 Å². The summed E-state index contributed by atoms with van der Waals surface area (Å²) >= 11 is 0. The van der Waals surface area contributed by atoms with E-state index in [0.717, 1.165) is 12.8 Å². The summed E-state index contributed by atoms with van der Waals surface area (Å²) in [6.07, 6.45) is 16.7. The van der Waals surface area contributed by atoms with Gasteiger partial charge in [0.2, 0.25) is 0 Å². The SMILES string of the molecule is C=C[C@]1(C)CC=C2C(CCC3[C@@](C)(C(=O)C=CC)CCC[C@]23C)C1. The highest BCUT2D eigenvalue weighted by atomic mass is 16.1. The molecule has 2 saturated carbocycles. The van der Waals surface area contributed by atoms with Gasteiger partial charge >= 0.3 is 0 Å². The zero-order valence-corrected chi connectivity index (χ0v) is 16.0. The second-order valence-corrected chi connectivity index (χ2v) is 9.31. The van der Waals surface area contributed by atoms with Crippen LogP contribution in [0.5, 0.6) is 0 Å². The average molecular weight is 327 g/mol. The first kappa shape index (κ1) is 17.7. The molecular formula is C23H34O. The Morgan fingerprint density at radius 3 is 2.67 bits per heavy atom. The molecule has 3 rings (SSSR count). The maximum Gasteiger partial charge on any atom is 0.161 e. The lowest BCUT2D eigenvalue weighted by Crippen LogP contribution is -2.52. The van der Waals surface area contributed by atoms with Crippen LogP contribution in [-0.4, -0.2) is 5.78 Å². The minimum atomic E-state index is -0.176. The number of hydrogen-bond donors (Lipinski definition) is 0. The van der Waals surface area contributed by atoms with E-state index >= 15 is 0 Å². The highest BCUT2D eigenvalue weighted by Gasteiger charge is 2.56. The summed E-state index contributed by atoms with van der Waals surface area (Å²) in [6.45, 7) is 13.1. The molecule has 0 aromatic rings. The standard InChI is InChI=1S/C23H34O/c1-6-9-20(24)23(5)14-8-13-22(4)18-12-15-21(3,7-2)16-17(18)10-11-19(22)23/h6-7,9,12,17,19H,2,8,10-11,13-16H2,1,3-5H3/t17?,19?,21-,22-,23+/m1/s1. The molecule has 0 heterocycles. The third-order valence-corrected chi connectivity index (χ3v) is 7.71. The van der Waals surface area contributed by atoms with E-state index in [1.54, 1.807) is 5.57 Å². The summed E-state index contributed by atoms with van der Waals surface area (Å²) in [4.78, 5) is 12.9. The number of hydrogen-bond acceptors (Lipinski definition) is 1. The Morgan fingerprint density at radius 1 is 1.25 bits per heavy atom. The van der Waals surface area contributed by atoms with Crippen LogP contribution in [0.3, 0.4) is 0 Å². The molecule has 0 amide bonds. The topological polar surface area (TPSA) is 17.1 Å². The summed E-state index contributed by atoms with van der Waals surface area (Å²) in [6, 6.07) is 0. The molecule has 2 fully saturated rings. The number of ketones is 1. The Hall–Kier alpha value is -1.11. The molecule has 5 atom stereocenters. The van der Waals surface area contributed by atoms with Gasteiger partial charge in [-0.25, -0.2) is 0 Å². The largest absolute Gasteiger partial charge is 0.294 e. The highest BCUT2D eigenvalue weighted by Crippen LogP contribution is 2.64. The fourth-order valence-electron chi connectivity index (χ4n) is 6.25. The van der Waals surface area contributed by atoms with Gasteiger partial charge < -0.3 is 0 Å². The van der Waals surface area contributed by atoms with Crippen molar-refractivity contribution in [3.8, 4) is 0 Å². The Labute approximate surface area is 148 Å². The van der Waals surface area contributed by atoms with Crippen LogP contribution in [0.1, 0.15) is 72.6 Å². The van der Waals surface area contributed by atoms with Gasteiger partial charge in [-0.2, -0.15) is 0 Å². The van der Waals surface area contributed by atoms with Crippen molar-refractivity contribution in [1.82, 2.24) is 0 Å². The molecule has 24 heavy (non-hydrogen) atoms. The lowest BCUT2D eigenvalue weighted by molar-refractivity contribution is -0.134. The molecule has 0 aromatic carbocycles. The number of allylic oxidation sites excluding steroid dienone is 5. The molecule has 1 heteroatoms. The Balaban J connectivity index is 1.98. The van der Waals surface area contributed by atoms with Gasteiger partial charge in [0, 0.05) is 5.41 Å². The van der Waals surface area contributed by atoms with E-state index in [1.165, 1.54) is 32.1 Å². The highest BCUT2D eigenvalue weighted by molar-refractivity contribution is 5.95. The van der Waals surface area contributed by atoms with Crippen molar-refractivity contribution in [3.05, 3.63) is 36.5 Å². The van der Waals surface area contributed by atoms with E-state index in [4.69, 9.17) is 0 Å². The van der Waals surface area contributed by atoms with E-state index in [2.05, 4.69) is 39.5 Å². The summed E-state index contributed by atoms with van der Waals surface area (Å²) in [7, 11) is 0. The predicted octanol–water partition coefficient (Wildman–Crippen LogP) is 6.27. The van der Waals surface area contributed by atoms with Gasteiger partial charge in [0.25, 0.3) is 0 Å². The van der Waals surface area contributed by atoms with Gasteiger partial charge in [0.15, 0.2) is 5.78 Å². The molecule has 2 unspecified atom stereocenters. The molecule has 1 nitrogen and oxygen atoms in total. The van der Waals surface area contributed by atoms with Crippen molar-refractivity contribution >= 4 is 5.78 Å². The van der Waals surface area contributed by atoms with Crippen molar-refractivity contribution in [2.24, 2.45) is 28.1 Å². The van der Waals surface area contributed by atoms with Crippen LogP contribution in [0, 0.1) is 28.1 Å². The quantitative estimate of drug-likeness (QED) is 0.441. The molecule has 0 spiro atoms. The third kappa shape index (κ3) is 2.55. The van der Waals surface area contributed by atoms with Crippen LogP contribution in [0.15, 0.2) is 36.5 Å². The zero-order chi connectivity index (χ0) is 17.6. The van der Waals surface area contributed by atoms with Crippen LogP contribution in [0.4, 0.5) is 0 Å². The zero-order valence-electron chi connectivity index (χ0n) is 16.0. The van der Waals surface area contributed by atoms with Crippen LogP contribution in [0.2, 0.25) is 0 Å². The van der Waals surface area contributed by atoms with E-state index in [9.17, 15) is 4.79 Å². The smallest absolute Gasteiger partial charge is 0.161 e. The van der Waals surface area contributed by atoms with Crippen molar-refractivity contribution in [1.29, 1.82) is 0 Å². The van der Waals surface area contributed by atoms with Crippen LogP contribution < -0.4 is 0 Å². The molecule has 0 radical (unpaired) electrons. The summed E-state index contributed by atoms with van der Waals surface area (Å²) in [5.74, 6) is 1.55. The van der Waals surface area contributed by atoms with Gasteiger partial charge in [0.1, 0.15) is 0 Å². The first-order valence-corrected chi connectivity index (χ1v) is 9.80. The van der Waals surface area contributed by atoms with Crippen molar-refractivity contribution in [3.63, 3.8) is 0 Å². The van der Waals surface area contributed by atoms with Gasteiger partial charge in [-0.3, -0.25) is 4.79 Å². The second kappa shape index (κ2) is 6.00. The lowest BCUT2D eigenvalue weighted by Gasteiger charge is -2.58. The predicted molar refractivity (Wildman–Crippen MR) is 102 cm³/mol. The summed E-state index contributed by atoms with van der Waals surface area (Å²) in [5.41, 5.74) is 1.98. The first-order chi connectivity index (χ1) is 11.3. The number of carbonyl (C=O) groups excluding carboxylic acids is 1. The fourth-order valence-corrected chi connectivity index (χ4v) is 6.25. The Morgan fingerprint density at radius 2 is 2.00 bits per heavy atom. The minimum absolute atomic E-state index is 0.176. The van der Waals surface area contributed by atoms with E-state index in [1.807, 2.05) is 19.1 Å². The maximum absolute atomic E-state index is 12.9. The van der Waals surface area contributed by atoms with Crippen LogP contribution >= 0.6 is 0 Å². The Kier molecular flexibility index (Phi) is 4.43. The van der Waals surface area contributed by atoms with Crippen molar-refractivity contribution in [2.75, 3.05) is 0 Å². The fraction of sp³-hybridized carbons (Fsp3) is 0.696. The second-order valence-electron chi connectivity index (χ2n) is 9.31. The van der Waals surface area contributed by atoms with E-state index in [0.29, 0.717) is 17.6 Å². The summed E-state index contributed by atoms with van der Waals surface area (Å²) in [5, 5.41) is 0. The molecule has 132 valence electrons. The van der Waals surface area contributed by atoms with Crippen LogP contribution in [-0.2, 0) is 4.79 Å². The molecule has 0 N–H and O–H groups in total. The van der Waals surface area contributed by atoms with Crippen molar-refractivity contribution in [2.45, 2.75) is 72.6 Å². The normalized spacial score (nSPS) is 45.2. The van der Waals surface area contributed by atoms with Crippen LogP contribution in [0.25, 0.3) is 0 Å². The number of rotatable bonds is 3. The molecule has 3 aliphatic carbocycles. The minimum Gasteiger partial charge on any atom is -0.294 e. The lowest BCUT2D eigenvalue weighted by atomic mass is 9.45. The average Bonchev–Trinajstić information content (AvgIpc) is 2.54. The molecule has 0 saturated heterocycles. The van der Waals surface area contributed by atoms with Gasteiger partial charge in [-0.15, -0.1) is 6.58 Å². The van der Waals surface area contributed by atoms with Gasteiger partial charge in [0.05, 0.1) is 0 Å². The number of fused-ring (bicyclic) bond motifs is 3. The Bertz CT molecular complexity index is 597. The first-order valence-electron chi connectivity index (χ1n) is 9.80. The monoisotopic (exact) mass is 326 g/mol. The molecular weight excluding hydrogens is 292 g/mol. The van der Waals surface area contributed by atoms with E-state index in [-0.39, 0.29) is 16.2 Å². The van der Waals surface area contributed by atoms with Gasteiger partial charge in [-0.05, 0) is 74.2 Å². The van der Waals surface area contributed by atoms with Gasteiger partial charge in [-0.1, -0.05) is 51.0 Å². The molecule has 3 aliphatic rings. The molecule has 0 aliphatic heterocycles.